The molecule has 11 heteroatoms. The predicted molar refractivity (Wildman–Crippen MR) is 131 cm³/mol. The van der Waals surface area contributed by atoms with Gasteiger partial charge in [0.15, 0.2) is 11.5 Å². The van der Waals surface area contributed by atoms with Crippen LogP contribution in [-0.4, -0.2) is 40.7 Å². The molecule has 2 aliphatic rings. The Morgan fingerprint density at radius 2 is 1.79 bits per heavy atom. The van der Waals surface area contributed by atoms with Crippen molar-refractivity contribution in [1.29, 1.82) is 0 Å². The number of rotatable bonds is 8. The fraction of sp³-hybridized carbons (Fsp3) is 0.259. The van der Waals surface area contributed by atoms with E-state index >= 15 is 0 Å². The lowest BCUT2D eigenvalue weighted by Crippen LogP contribution is -2.28. The van der Waals surface area contributed by atoms with E-state index in [1.165, 1.54) is 12.1 Å². The highest BCUT2D eigenvalue weighted by Crippen LogP contribution is 2.52. The number of hydrogen-bond acceptors (Lipinski definition) is 6. The first kappa shape index (κ1) is 25.1. The van der Waals surface area contributed by atoms with Gasteiger partial charge in [-0.2, -0.15) is 0 Å². The number of halogens is 2. The Kier molecular flexibility index (Phi) is 6.22. The molecule has 0 spiro atoms. The van der Waals surface area contributed by atoms with E-state index in [4.69, 9.17) is 5.11 Å². The maximum atomic E-state index is 13.4. The Morgan fingerprint density at radius 3 is 2.53 bits per heavy atom. The van der Waals surface area contributed by atoms with Crippen LogP contribution in [0.15, 0.2) is 54.6 Å². The van der Waals surface area contributed by atoms with E-state index in [0.29, 0.717) is 41.0 Å². The van der Waals surface area contributed by atoms with Gasteiger partial charge >= 0.3 is 12.3 Å². The first-order valence-corrected chi connectivity index (χ1v) is 11.9. The van der Waals surface area contributed by atoms with Gasteiger partial charge in [-0.3, -0.25) is 14.4 Å². The molecule has 0 bridgehead atoms. The number of carboxylic acid groups (broad SMARTS) is 1. The van der Waals surface area contributed by atoms with Crippen molar-refractivity contribution < 1.29 is 37.7 Å². The van der Waals surface area contributed by atoms with Crippen LogP contribution < -0.4 is 20.1 Å². The lowest BCUT2D eigenvalue weighted by atomic mass is 9.94. The van der Waals surface area contributed by atoms with Gasteiger partial charge in [-0.05, 0) is 61.2 Å². The van der Waals surface area contributed by atoms with Gasteiger partial charge in [0.2, 0.25) is 5.91 Å². The molecule has 1 aliphatic carbocycles. The average Bonchev–Trinajstić information content (AvgIpc) is 3.62. The normalized spacial score (nSPS) is 16.0. The van der Waals surface area contributed by atoms with Crippen LogP contribution >= 0.6 is 0 Å². The third-order valence-corrected chi connectivity index (χ3v) is 6.50. The zero-order valence-electron chi connectivity index (χ0n) is 20.2. The number of aliphatic carboxylic acids is 1. The Bertz CT molecular complexity index is 1450. The van der Waals surface area contributed by atoms with Gasteiger partial charge in [-0.15, -0.1) is 8.78 Å². The average molecular weight is 523 g/mol. The van der Waals surface area contributed by atoms with E-state index in [1.54, 1.807) is 42.5 Å². The third-order valence-electron chi connectivity index (χ3n) is 6.50. The number of ether oxygens (including phenoxy) is 2. The number of carbonyl (C=O) groups excluding carboxylic acids is 2. The Labute approximate surface area is 215 Å². The molecule has 1 aliphatic heterocycles. The van der Waals surface area contributed by atoms with E-state index in [0.717, 1.165) is 5.56 Å². The number of nitrogens with one attached hydrogen (secondary N) is 2. The number of carboxylic acids is 1. The number of aryl methyl sites for hydroxylation is 1. The minimum Gasteiger partial charge on any atom is -0.481 e. The molecule has 196 valence electrons. The molecule has 1 fully saturated rings. The summed E-state index contributed by atoms with van der Waals surface area (Å²) in [5.41, 5.74) is 2.00. The SMILES string of the molecule is Cc1ccc(NC(=O)C2(c3ccc4c(c3)OC(F)(F)O4)CC2)nc1-c1cccc(C(=O)NCCC(=O)O)c1. The van der Waals surface area contributed by atoms with Crippen molar-refractivity contribution in [2.24, 2.45) is 0 Å². The molecular formula is C27H23F2N3O6. The molecule has 1 aromatic heterocycles. The zero-order chi connectivity index (χ0) is 27.1. The van der Waals surface area contributed by atoms with Gasteiger partial charge in [-0.1, -0.05) is 24.3 Å². The summed E-state index contributed by atoms with van der Waals surface area (Å²) in [7, 11) is 0. The Balaban J connectivity index is 1.34. The van der Waals surface area contributed by atoms with Gasteiger partial charge in [0.05, 0.1) is 17.5 Å². The quantitative estimate of drug-likeness (QED) is 0.403. The number of pyridine rings is 1. The van der Waals surface area contributed by atoms with Crippen molar-refractivity contribution in [3.05, 3.63) is 71.3 Å². The highest BCUT2D eigenvalue weighted by Gasteiger charge is 2.53. The highest BCUT2D eigenvalue weighted by molar-refractivity contribution is 6.01. The van der Waals surface area contributed by atoms with Crippen LogP contribution in [0.2, 0.25) is 0 Å². The molecule has 1 saturated carbocycles. The van der Waals surface area contributed by atoms with Crippen LogP contribution in [0.5, 0.6) is 11.5 Å². The van der Waals surface area contributed by atoms with E-state index in [-0.39, 0.29) is 30.4 Å². The summed E-state index contributed by atoms with van der Waals surface area (Å²) in [5.74, 6) is -1.65. The van der Waals surface area contributed by atoms with Crippen LogP contribution in [0, 0.1) is 6.92 Å². The number of amides is 2. The summed E-state index contributed by atoms with van der Waals surface area (Å²) in [6.07, 6.45) is -2.86. The summed E-state index contributed by atoms with van der Waals surface area (Å²) in [6, 6.07) is 14.5. The maximum absolute atomic E-state index is 13.4. The second-order valence-electron chi connectivity index (χ2n) is 9.21. The molecule has 2 heterocycles. The van der Waals surface area contributed by atoms with E-state index in [2.05, 4.69) is 25.1 Å². The molecule has 9 nitrogen and oxygen atoms in total. The van der Waals surface area contributed by atoms with Gasteiger partial charge < -0.3 is 25.2 Å². The van der Waals surface area contributed by atoms with Crippen LogP contribution in [0.4, 0.5) is 14.6 Å². The van der Waals surface area contributed by atoms with E-state index in [9.17, 15) is 23.2 Å². The molecule has 0 atom stereocenters. The number of hydrogen-bond donors (Lipinski definition) is 3. The monoisotopic (exact) mass is 523 g/mol. The molecule has 0 saturated heterocycles. The number of carbonyl (C=O) groups is 3. The topological polar surface area (TPSA) is 127 Å². The third kappa shape index (κ3) is 4.99. The lowest BCUT2D eigenvalue weighted by molar-refractivity contribution is -0.286. The Hall–Kier alpha value is -4.54. The molecule has 5 rings (SSSR count). The zero-order valence-corrected chi connectivity index (χ0v) is 20.2. The molecule has 2 amide bonds. The number of aromatic nitrogens is 1. The van der Waals surface area contributed by atoms with Gasteiger partial charge in [0.1, 0.15) is 5.82 Å². The second-order valence-corrected chi connectivity index (χ2v) is 9.21. The summed E-state index contributed by atoms with van der Waals surface area (Å²) < 4.78 is 35.8. The van der Waals surface area contributed by atoms with Gasteiger partial charge in [-0.25, -0.2) is 4.98 Å². The molecule has 3 aromatic rings. The van der Waals surface area contributed by atoms with Crippen molar-refractivity contribution in [1.82, 2.24) is 10.3 Å². The fourth-order valence-electron chi connectivity index (χ4n) is 4.34. The first-order chi connectivity index (χ1) is 18.1. The smallest absolute Gasteiger partial charge is 0.481 e. The lowest BCUT2D eigenvalue weighted by Gasteiger charge is -2.17. The standard InChI is InChI=1S/C27H23F2N3O6/c1-15-5-8-21(31-23(15)16-3-2-4-17(13-16)24(35)30-12-9-22(33)34)32-25(36)26(10-11-26)18-6-7-19-20(14-18)38-27(28,29)37-19/h2-8,13-14H,9-12H2,1H3,(H,30,35)(H,33,34)(H,31,32,36). The predicted octanol–water partition coefficient (Wildman–Crippen LogP) is 4.25. The molecule has 0 unspecified atom stereocenters. The Morgan fingerprint density at radius 1 is 1.03 bits per heavy atom. The fourth-order valence-corrected chi connectivity index (χ4v) is 4.34. The van der Waals surface area contributed by atoms with Crippen molar-refractivity contribution >= 4 is 23.6 Å². The van der Waals surface area contributed by atoms with Crippen molar-refractivity contribution in [2.75, 3.05) is 11.9 Å². The molecular weight excluding hydrogens is 500 g/mol. The number of fused-ring (bicyclic) bond motifs is 1. The largest absolute Gasteiger partial charge is 0.586 e. The van der Waals surface area contributed by atoms with Crippen LogP contribution in [0.3, 0.4) is 0 Å². The summed E-state index contributed by atoms with van der Waals surface area (Å²) >= 11 is 0. The summed E-state index contributed by atoms with van der Waals surface area (Å²) in [4.78, 5) is 41.0. The summed E-state index contributed by atoms with van der Waals surface area (Å²) in [6.45, 7) is 1.85. The molecule has 38 heavy (non-hydrogen) atoms. The number of nitrogens with zero attached hydrogens (tertiary/aromatic N) is 1. The highest BCUT2D eigenvalue weighted by atomic mass is 19.3. The minimum absolute atomic E-state index is 0.00470. The van der Waals surface area contributed by atoms with Crippen molar-refractivity contribution in [2.45, 2.75) is 37.9 Å². The van der Waals surface area contributed by atoms with Gasteiger partial charge in [0, 0.05) is 17.7 Å². The number of benzene rings is 2. The maximum Gasteiger partial charge on any atom is 0.586 e. The van der Waals surface area contributed by atoms with Crippen molar-refractivity contribution in [3.8, 4) is 22.8 Å². The summed E-state index contributed by atoms with van der Waals surface area (Å²) in [5, 5.41) is 14.2. The van der Waals surface area contributed by atoms with Crippen LogP contribution in [-0.2, 0) is 15.0 Å². The van der Waals surface area contributed by atoms with Gasteiger partial charge in [0.25, 0.3) is 5.91 Å². The molecule has 3 N–H and O–H groups in total. The van der Waals surface area contributed by atoms with Crippen LogP contribution in [0.1, 0.15) is 40.7 Å². The second kappa shape index (κ2) is 9.40. The number of anilines is 1. The van der Waals surface area contributed by atoms with E-state index in [1.807, 2.05) is 6.92 Å². The van der Waals surface area contributed by atoms with Crippen molar-refractivity contribution in [3.63, 3.8) is 0 Å². The number of alkyl halides is 2. The molecule has 0 radical (unpaired) electrons. The van der Waals surface area contributed by atoms with E-state index < -0.39 is 23.6 Å². The minimum atomic E-state index is -3.74. The first-order valence-electron chi connectivity index (χ1n) is 11.9. The molecule has 2 aromatic carbocycles. The van der Waals surface area contributed by atoms with Crippen LogP contribution in [0.25, 0.3) is 11.3 Å².